The Morgan fingerprint density at radius 2 is 1.71 bits per heavy atom. The van der Waals surface area contributed by atoms with Crippen LogP contribution < -0.4 is 5.32 Å². The Morgan fingerprint density at radius 3 is 2.58 bits per heavy atom. The van der Waals surface area contributed by atoms with Gasteiger partial charge in [-0.1, -0.05) is 67.8 Å². The average Bonchev–Trinajstić information content (AvgIpc) is 2.94. The molecule has 1 N–H and O–H groups in total. The van der Waals surface area contributed by atoms with Crippen LogP contribution in [0.4, 0.5) is 5.69 Å². The van der Waals surface area contributed by atoms with Gasteiger partial charge in [0.2, 0.25) is 0 Å². The van der Waals surface area contributed by atoms with Gasteiger partial charge < -0.3 is 5.32 Å². The molecule has 2 saturated carbocycles. The van der Waals surface area contributed by atoms with Crippen molar-refractivity contribution < 1.29 is 0 Å². The summed E-state index contributed by atoms with van der Waals surface area (Å²) < 4.78 is 0. The summed E-state index contributed by atoms with van der Waals surface area (Å²) in [6.45, 7) is 2.27. The van der Waals surface area contributed by atoms with E-state index >= 15 is 0 Å². The van der Waals surface area contributed by atoms with Crippen LogP contribution >= 0.6 is 0 Å². The van der Waals surface area contributed by atoms with Crippen molar-refractivity contribution >= 4 is 5.69 Å². The Kier molecular flexibility index (Phi) is 3.11. The van der Waals surface area contributed by atoms with Crippen molar-refractivity contribution in [2.75, 3.05) is 5.32 Å². The van der Waals surface area contributed by atoms with E-state index in [1.165, 1.54) is 61.8 Å². The number of hydrogen-bond donors (Lipinski definition) is 1. The third-order valence-corrected chi connectivity index (χ3v) is 7.29. The molecular weight excluding hydrogens is 290 g/mol. The van der Waals surface area contributed by atoms with E-state index in [0.29, 0.717) is 5.41 Å². The van der Waals surface area contributed by atoms with Gasteiger partial charge in [-0.05, 0) is 55.2 Å². The molecule has 124 valence electrons. The number of aryl methyl sites for hydroxylation is 1. The van der Waals surface area contributed by atoms with Gasteiger partial charge in [-0.3, -0.25) is 0 Å². The summed E-state index contributed by atoms with van der Waals surface area (Å²) in [4.78, 5) is 0. The zero-order chi connectivity index (χ0) is 16.2. The van der Waals surface area contributed by atoms with Crippen molar-refractivity contribution in [3.63, 3.8) is 0 Å². The lowest BCUT2D eigenvalue weighted by molar-refractivity contribution is 0.0565. The summed E-state index contributed by atoms with van der Waals surface area (Å²) in [6.07, 6.45) is 9.56. The molecule has 1 nitrogen and oxygen atoms in total. The first-order chi connectivity index (χ1) is 11.8. The summed E-state index contributed by atoms with van der Waals surface area (Å²) in [5.74, 6) is 0.829. The van der Waals surface area contributed by atoms with Gasteiger partial charge in [0.05, 0.1) is 5.54 Å². The highest BCUT2D eigenvalue weighted by atomic mass is 15.1. The molecule has 0 aromatic heterocycles. The fraction of sp³-hybridized carbons (Fsp3) is 0.478. The average molecular weight is 317 g/mol. The second-order valence-corrected chi connectivity index (χ2v) is 8.20. The first-order valence-corrected chi connectivity index (χ1v) is 9.72. The molecule has 2 aliphatic carbocycles. The highest BCUT2D eigenvalue weighted by Crippen LogP contribution is 2.66. The van der Waals surface area contributed by atoms with E-state index < -0.39 is 0 Å². The Morgan fingerprint density at radius 1 is 0.875 bits per heavy atom. The molecule has 2 aromatic rings. The van der Waals surface area contributed by atoms with E-state index in [1.54, 1.807) is 5.56 Å². The van der Waals surface area contributed by atoms with E-state index in [9.17, 15) is 0 Å². The second-order valence-electron chi connectivity index (χ2n) is 8.20. The lowest BCUT2D eigenvalue weighted by Gasteiger charge is -2.57. The van der Waals surface area contributed by atoms with E-state index in [-0.39, 0.29) is 5.54 Å². The van der Waals surface area contributed by atoms with Crippen LogP contribution in [0.15, 0.2) is 48.5 Å². The topological polar surface area (TPSA) is 12.0 Å². The zero-order valence-electron chi connectivity index (χ0n) is 14.6. The summed E-state index contributed by atoms with van der Waals surface area (Å²) in [5, 5.41) is 4.12. The molecule has 0 amide bonds. The summed E-state index contributed by atoms with van der Waals surface area (Å²) >= 11 is 0. The minimum atomic E-state index is 0.103. The van der Waals surface area contributed by atoms with Crippen molar-refractivity contribution in [2.24, 2.45) is 5.92 Å². The molecule has 5 rings (SSSR count). The van der Waals surface area contributed by atoms with E-state index in [1.807, 2.05) is 0 Å². The molecule has 24 heavy (non-hydrogen) atoms. The van der Waals surface area contributed by atoms with E-state index in [4.69, 9.17) is 0 Å². The van der Waals surface area contributed by atoms with Gasteiger partial charge in [0.1, 0.15) is 0 Å². The Balaban J connectivity index is 1.81. The van der Waals surface area contributed by atoms with Crippen LogP contribution in [0.3, 0.4) is 0 Å². The predicted molar refractivity (Wildman–Crippen MR) is 100 cm³/mol. The monoisotopic (exact) mass is 317 g/mol. The van der Waals surface area contributed by atoms with Crippen LogP contribution in [0.5, 0.6) is 0 Å². The second kappa shape index (κ2) is 5.12. The van der Waals surface area contributed by atoms with Crippen LogP contribution in [0, 0.1) is 12.8 Å². The Hall–Kier alpha value is -1.76. The maximum Gasteiger partial charge on any atom is 0.0725 e. The molecule has 1 aliphatic heterocycles. The van der Waals surface area contributed by atoms with Crippen LogP contribution in [-0.4, -0.2) is 0 Å². The van der Waals surface area contributed by atoms with Crippen molar-refractivity contribution in [3.8, 4) is 0 Å². The molecule has 0 radical (unpaired) electrons. The molecule has 1 heterocycles. The SMILES string of the molecule is Cc1cccc2c1N[C@]1(c3ccccc3)CCC[C@@H]3CCCC[C@@]231. The molecule has 1 spiro atoms. The predicted octanol–water partition coefficient (Wildman–Crippen LogP) is 5.93. The number of para-hydroxylation sites is 1. The van der Waals surface area contributed by atoms with Crippen molar-refractivity contribution in [1.82, 2.24) is 0 Å². The van der Waals surface area contributed by atoms with Gasteiger partial charge in [-0.2, -0.15) is 0 Å². The molecule has 0 unspecified atom stereocenters. The van der Waals surface area contributed by atoms with Crippen molar-refractivity contribution in [3.05, 3.63) is 65.2 Å². The fourth-order valence-corrected chi connectivity index (χ4v) is 6.41. The van der Waals surface area contributed by atoms with Gasteiger partial charge in [-0.25, -0.2) is 0 Å². The number of anilines is 1. The van der Waals surface area contributed by atoms with Gasteiger partial charge in [-0.15, -0.1) is 0 Å². The fourth-order valence-electron chi connectivity index (χ4n) is 6.41. The number of hydrogen-bond acceptors (Lipinski definition) is 1. The Bertz CT molecular complexity index is 763. The third kappa shape index (κ3) is 1.66. The number of nitrogens with one attached hydrogen (secondary N) is 1. The summed E-state index contributed by atoms with van der Waals surface area (Å²) in [6, 6.07) is 18.3. The molecule has 0 bridgehead atoms. The highest BCUT2D eigenvalue weighted by molar-refractivity contribution is 5.71. The van der Waals surface area contributed by atoms with Crippen LogP contribution in [0.1, 0.15) is 61.6 Å². The molecule has 2 fully saturated rings. The third-order valence-electron chi connectivity index (χ3n) is 7.29. The standard InChI is InChI=1S/C23H27N/c1-17-9-7-14-20-21(17)24-23(19-11-3-2-4-12-19)16-8-13-18-10-5-6-15-22(18,20)23/h2-4,7,9,11-12,14,18,24H,5-6,8,10,13,15-16H2,1H3/t18-,22-,23-/m0/s1. The van der Waals surface area contributed by atoms with E-state index in [2.05, 4.69) is 60.8 Å². The first kappa shape index (κ1) is 14.6. The van der Waals surface area contributed by atoms with Gasteiger partial charge in [0.25, 0.3) is 0 Å². The van der Waals surface area contributed by atoms with Crippen molar-refractivity contribution in [2.45, 2.75) is 62.8 Å². The maximum atomic E-state index is 4.12. The number of benzene rings is 2. The molecule has 0 saturated heterocycles. The van der Waals surface area contributed by atoms with Crippen LogP contribution in [0.25, 0.3) is 0 Å². The van der Waals surface area contributed by atoms with E-state index in [0.717, 1.165) is 5.92 Å². The molecule has 3 atom stereocenters. The minimum Gasteiger partial charge on any atom is -0.374 e. The van der Waals surface area contributed by atoms with Crippen LogP contribution in [-0.2, 0) is 11.0 Å². The Labute approximate surface area is 145 Å². The highest BCUT2D eigenvalue weighted by Gasteiger charge is 2.63. The maximum absolute atomic E-state index is 4.12. The molecule has 2 aromatic carbocycles. The van der Waals surface area contributed by atoms with Gasteiger partial charge in [0.15, 0.2) is 0 Å². The number of fused-ring (bicyclic) bond motifs is 1. The largest absolute Gasteiger partial charge is 0.374 e. The van der Waals surface area contributed by atoms with Crippen molar-refractivity contribution in [1.29, 1.82) is 0 Å². The quantitative estimate of drug-likeness (QED) is 0.687. The normalized spacial score (nSPS) is 34.0. The minimum absolute atomic E-state index is 0.103. The van der Waals surface area contributed by atoms with Gasteiger partial charge >= 0.3 is 0 Å². The number of rotatable bonds is 1. The first-order valence-electron chi connectivity index (χ1n) is 9.72. The molecule has 1 heteroatoms. The summed E-state index contributed by atoms with van der Waals surface area (Å²) in [7, 11) is 0. The van der Waals surface area contributed by atoms with Gasteiger partial charge in [0, 0.05) is 11.1 Å². The molecule has 3 aliphatic rings. The smallest absolute Gasteiger partial charge is 0.0725 e. The summed E-state index contributed by atoms with van der Waals surface area (Å²) in [5.41, 5.74) is 6.38. The lowest BCUT2D eigenvalue weighted by atomic mass is 9.48. The lowest BCUT2D eigenvalue weighted by Crippen LogP contribution is -2.57. The zero-order valence-corrected chi connectivity index (χ0v) is 14.6. The van der Waals surface area contributed by atoms with Crippen LogP contribution in [0.2, 0.25) is 0 Å². The molecular formula is C23H27N.